The van der Waals surface area contributed by atoms with E-state index in [0.717, 1.165) is 0 Å². The first-order chi connectivity index (χ1) is 19.8. The molecule has 3 aromatic rings. The summed E-state index contributed by atoms with van der Waals surface area (Å²) < 4.78 is 53.2. The average Bonchev–Trinajstić information content (AvgIpc) is 2.88. The molecule has 0 saturated heterocycles. The first kappa shape index (κ1) is 37.4. The molecule has 3 aromatic carbocycles. The fourth-order valence-electron chi connectivity index (χ4n) is 3.27. The van der Waals surface area contributed by atoms with Gasteiger partial charge in [0.15, 0.2) is 0 Å². The molecule has 0 saturated carbocycles. The summed E-state index contributed by atoms with van der Waals surface area (Å²) in [5.74, 6) is -3.70. The maximum absolute atomic E-state index is 13.5. The number of phenols is 2. The highest BCUT2D eigenvalue weighted by Gasteiger charge is 2.40. The molecule has 0 spiro atoms. The standard InChI is InChI=1S/C25H16I6O11S/c1-25(8-40-22(34)13-2-10(26)4-15(28)19(13)32,9-41-23(35)14-3-11(27)5-16(29)20(14)33)24(36)42-12-6-17(30)21(18(31)7-12)43(37,38)39/h2-7,32-33H,8-9H2,1H3,(H,37,38,39)/p-1. The Morgan fingerprint density at radius 3 is 1.51 bits per heavy atom. The van der Waals surface area contributed by atoms with E-state index in [-0.39, 0.29) is 35.5 Å². The summed E-state index contributed by atoms with van der Waals surface area (Å²) in [6.07, 6.45) is 0. The zero-order chi connectivity index (χ0) is 32.4. The van der Waals surface area contributed by atoms with Gasteiger partial charge in [0.25, 0.3) is 0 Å². The van der Waals surface area contributed by atoms with Crippen molar-refractivity contribution >= 4 is 164 Å². The Kier molecular flexibility index (Phi) is 13.3. The van der Waals surface area contributed by atoms with Crippen LogP contribution in [0.3, 0.4) is 0 Å². The smallest absolute Gasteiger partial charge is 0.342 e. The van der Waals surface area contributed by atoms with Crippen molar-refractivity contribution in [1.82, 2.24) is 0 Å². The van der Waals surface area contributed by atoms with E-state index in [4.69, 9.17) is 14.2 Å². The third-order valence-electron chi connectivity index (χ3n) is 5.46. The normalized spacial score (nSPS) is 11.6. The van der Waals surface area contributed by atoms with E-state index in [2.05, 4.69) is 0 Å². The van der Waals surface area contributed by atoms with Crippen molar-refractivity contribution in [2.45, 2.75) is 11.8 Å². The Bertz CT molecular complexity index is 1650. The first-order valence-corrected chi connectivity index (χ1v) is 19.1. The molecule has 2 N–H and O–H groups in total. The minimum absolute atomic E-state index is 0.00868. The molecule has 0 aromatic heterocycles. The van der Waals surface area contributed by atoms with Crippen molar-refractivity contribution in [1.29, 1.82) is 0 Å². The van der Waals surface area contributed by atoms with E-state index in [1.54, 1.807) is 57.3 Å². The monoisotopic (exact) mass is 1280 g/mol. The second-order valence-corrected chi connectivity index (χ2v) is 17.3. The van der Waals surface area contributed by atoms with Crippen LogP contribution in [0.4, 0.5) is 0 Å². The molecule has 3 rings (SSSR count). The lowest BCUT2D eigenvalue weighted by atomic mass is 9.93. The van der Waals surface area contributed by atoms with Gasteiger partial charge in [0, 0.05) is 14.3 Å². The molecule has 230 valence electrons. The largest absolute Gasteiger partial charge is 0.744 e. The lowest BCUT2D eigenvalue weighted by molar-refractivity contribution is -0.150. The highest BCUT2D eigenvalue weighted by atomic mass is 127. The summed E-state index contributed by atoms with van der Waals surface area (Å²) in [6, 6.07) is 8.41. The number of ether oxygens (including phenoxy) is 3. The Balaban J connectivity index is 1.93. The SMILES string of the molecule is CC(COC(=O)c1cc(I)cc(I)c1O)(COC(=O)c1cc(I)cc(I)c1O)C(=O)Oc1cc(I)c(S(=O)(=O)[O-])c(I)c1. The van der Waals surface area contributed by atoms with E-state index in [9.17, 15) is 37.6 Å². The van der Waals surface area contributed by atoms with E-state index >= 15 is 0 Å². The van der Waals surface area contributed by atoms with Crippen LogP contribution in [-0.4, -0.2) is 54.3 Å². The number of esters is 3. The predicted octanol–water partition coefficient (Wildman–Crippen LogP) is 6.26. The molecule has 0 aliphatic heterocycles. The lowest BCUT2D eigenvalue weighted by Crippen LogP contribution is -2.42. The molecule has 0 bridgehead atoms. The van der Waals surface area contributed by atoms with Crippen LogP contribution in [0.2, 0.25) is 0 Å². The number of hydrogen-bond acceptors (Lipinski definition) is 11. The molecule has 0 atom stereocenters. The van der Waals surface area contributed by atoms with Crippen LogP contribution >= 0.6 is 136 Å². The van der Waals surface area contributed by atoms with Gasteiger partial charge < -0.3 is 29.0 Å². The van der Waals surface area contributed by atoms with Crippen LogP contribution < -0.4 is 4.74 Å². The molecular weight excluding hydrogens is 1270 g/mol. The number of aromatic hydroxyl groups is 2. The summed E-state index contributed by atoms with van der Waals surface area (Å²) in [6.45, 7) is -0.0357. The Hall–Kier alpha value is -0.0400. The van der Waals surface area contributed by atoms with Gasteiger partial charge >= 0.3 is 17.9 Å². The van der Waals surface area contributed by atoms with Crippen molar-refractivity contribution in [2.24, 2.45) is 5.41 Å². The van der Waals surface area contributed by atoms with Crippen molar-refractivity contribution in [3.05, 3.63) is 68.9 Å². The van der Waals surface area contributed by atoms with E-state index in [0.29, 0.717) is 14.3 Å². The van der Waals surface area contributed by atoms with Crippen molar-refractivity contribution in [3.8, 4) is 17.2 Å². The Labute approximate surface area is 327 Å². The van der Waals surface area contributed by atoms with E-state index in [1.807, 2.05) is 90.4 Å². The summed E-state index contributed by atoms with van der Waals surface area (Å²) >= 11 is 10.9. The second kappa shape index (κ2) is 15.2. The fraction of sp³-hybridized carbons (Fsp3) is 0.160. The van der Waals surface area contributed by atoms with Gasteiger partial charge in [-0.2, -0.15) is 0 Å². The molecule has 0 radical (unpaired) electrons. The van der Waals surface area contributed by atoms with Gasteiger partial charge in [0.2, 0.25) is 0 Å². The molecule has 43 heavy (non-hydrogen) atoms. The van der Waals surface area contributed by atoms with Crippen molar-refractivity contribution in [2.75, 3.05) is 13.2 Å². The highest BCUT2D eigenvalue weighted by Crippen LogP contribution is 2.33. The summed E-state index contributed by atoms with van der Waals surface area (Å²) in [5.41, 5.74) is -2.14. The minimum Gasteiger partial charge on any atom is -0.744 e. The van der Waals surface area contributed by atoms with Gasteiger partial charge in [-0.1, -0.05) is 0 Å². The number of rotatable bonds is 9. The van der Waals surface area contributed by atoms with Crippen LogP contribution in [0.25, 0.3) is 0 Å². The summed E-state index contributed by atoms with van der Waals surface area (Å²) in [5, 5.41) is 20.7. The zero-order valence-electron chi connectivity index (χ0n) is 21.1. The molecule has 11 nitrogen and oxygen atoms in total. The fourth-order valence-corrected chi connectivity index (χ4v) is 10.9. The Morgan fingerprint density at radius 1 is 0.744 bits per heavy atom. The zero-order valence-corrected chi connectivity index (χ0v) is 34.9. The van der Waals surface area contributed by atoms with Gasteiger partial charge in [-0.05, 0) is 179 Å². The molecule has 0 unspecified atom stereocenters. The number of phenolic OH excluding ortho intramolecular Hbond substituents is 2. The van der Waals surface area contributed by atoms with Crippen molar-refractivity contribution < 1.29 is 51.8 Å². The van der Waals surface area contributed by atoms with Gasteiger partial charge in [-0.3, -0.25) is 4.79 Å². The molecular formula is C25H15I6O11S-. The lowest BCUT2D eigenvalue weighted by Gasteiger charge is -2.27. The number of benzene rings is 3. The third-order valence-corrected chi connectivity index (χ3v) is 11.7. The van der Waals surface area contributed by atoms with Gasteiger partial charge in [0.1, 0.15) is 57.1 Å². The third kappa shape index (κ3) is 9.50. The van der Waals surface area contributed by atoms with Crippen molar-refractivity contribution in [3.63, 3.8) is 0 Å². The van der Waals surface area contributed by atoms with Crippen LogP contribution in [0.5, 0.6) is 17.2 Å². The Morgan fingerprint density at radius 2 is 1.14 bits per heavy atom. The molecule has 0 aliphatic carbocycles. The quantitative estimate of drug-likeness (QED) is 0.107. The van der Waals surface area contributed by atoms with E-state index < -0.39 is 51.6 Å². The topological polar surface area (TPSA) is 177 Å². The van der Waals surface area contributed by atoms with Crippen LogP contribution in [0, 0.1) is 26.8 Å². The average molecular weight is 1280 g/mol. The maximum Gasteiger partial charge on any atom is 0.342 e. The van der Waals surface area contributed by atoms with Crippen LogP contribution in [0.1, 0.15) is 27.6 Å². The maximum atomic E-state index is 13.5. The molecule has 18 heteroatoms. The minimum atomic E-state index is -4.81. The van der Waals surface area contributed by atoms with Gasteiger partial charge in [0.05, 0.1) is 12.0 Å². The number of hydrogen-bond donors (Lipinski definition) is 2. The molecule has 0 fully saturated rings. The summed E-state index contributed by atoms with van der Waals surface area (Å²) in [7, 11) is -4.81. The summed E-state index contributed by atoms with van der Waals surface area (Å²) in [4.78, 5) is 38.9. The van der Waals surface area contributed by atoms with Crippen LogP contribution in [-0.2, 0) is 24.4 Å². The number of carbonyl (C=O) groups excluding carboxylic acids is 3. The predicted molar refractivity (Wildman–Crippen MR) is 201 cm³/mol. The second-order valence-electron chi connectivity index (χ2n) is 8.84. The van der Waals surface area contributed by atoms with Crippen LogP contribution in [0.15, 0.2) is 41.3 Å². The molecule has 0 heterocycles. The number of carbonyl (C=O) groups is 3. The number of halogens is 6. The van der Waals surface area contributed by atoms with Gasteiger partial charge in [-0.15, -0.1) is 0 Å². The molecule has 0 amide bonds. The molecule has 0 aliphatic rings. The van der Waals surface area contributed by atoms with E-state index in [1.165, 1.54) is 31.2 Å². The highest BCUT2D eigenvalue weighted by molar-refractivity contribution is 14.1. The van der Waals surface area contributed by atoms with Gasteiger partial charge in [-0.25, -0.2) is 18.0 Å². The first-order valence-electron chi connectivity index (χ1n) is 11.2.